The molecule has 0 bridgehead atoms. The lowest BCUT2D eigenvalue weighted by molar-refractivity contribution is 0.0730. The largest absolute Gasteiger partial charge is 0.492 e. The Bertz CT molecular complexity index is 1450. The predicted octanol–water partition coefficient (Wildman–Crippen LogP) is 2.07. The van der Waals surface area contributed by atoms with E-state index >= 15 is 0 Å². The van der Waals surface area contributed by atoms with Crippen LogP contribution in [-0.2, 0) is 14.8 Å². The van der Waals surface area contributed by atoms with E-state index in [9.17, 15) is 23.3 Å². The Morgan fingerprint density at radius 3 is 2.68 bits per heavy atom. The zero-order valence-corrected chi connectivity index (χ0v) is 19.1. The highest BCUT2D eigenvalue weighted by atomic mass is 32.2. The van der Waals surface area contributed by atoms with Crippen molar-refractivity contribution in [3.05, 3.63) is 63.9 Å². The van der Waals surface area contributed by atoms with Gasteiger partial charge in [0.1, 0.15) is 5.75 Å². The third-order valence-electron chi connectivity index (χ3n) is 5.32. The molecule has 4 rings (SSSR count). The molecule has 2 heterocycles. The Labute approximate surface area is 195 Å². The van der Waals surface area contributed by atoms with Gasteiger partial charge in [-0.25, -0.2) is 8.42 Å². The second-order valence-corrected chi connectivity index (χ2v) is 9.42. The number of H-pyrrole nitrogens is 1. The molecular weight excluding hydrogens is 460 g/mol. The van der Waals surface area contributed by atoms with Gasteiger partial charge in [-0.3, -0.25) is 9.59 Å². The van der Waals surface area contributed by atoms with Gasteiger partial charge in [-0.1, -0.05) is 0 Å². The number of aromatic nitrogens is 1. The highest BCUT2D eigenvalue weighted by Gasteiger charge is 2.27. The number of carbonyl (C=O) groups is 1. The molecule has 0 aliphatic carbocycles. The molecule has 10 nitrogen and oxygen atoms in total. The Hall–Kier alpha value is -3.72. The molecule has 1 saturated heterocycles. The second kappa shape index (κ2) is 9.64. The van der Waals surface area contributed by atoms with Gasteiger partial charge in [-0.05, 0) is 43.3 Å². The van der Waals surface area contributed by atoms with E-state index in [1.165, 1.54) is 28.6 Å². The van der Waals surface area contributed by atoms with Crippen LogP contribution in [0.3, 0.4) is 0 Å². The maximum Gasteiger partial charge on any atom is 0.256 e. The SMILES string of the molecule is CCOc1ccc(C#N)cc1NC(=O)c1cc(=O)[nH]c2ccc(S(=O)(=O)N3CCOCC3)cc12. The molecule has 1 amide bonds. The number of rotatable bonds is 6. The summed E-state index contributed by atoms with van der Waals surface area (Å²) in [7, 11) is -3.81. The minimum Gasteiger partial charge on any atom is -0.492 e. The van der Waals surface area contributed by atoms with E-state index in [1.807, 2.05) is 6.07 Å². The van der Waals surface area contributed by atoms with Gasteiger partial charge in [0.2, 0.25) is 15.6 Å². The minimum atomic E-state index is -3.81. The van der Waals surface area contributed by atoms with E-state index in [1.54, 1.807) is 19.1 Å². The summed E-state index contributed by atoms with van der Waals surface area (Å²) in [6.45, 7) is 3.19. The van der Waals surface area contributed by atoms with Crippen molar-refractivity contribution in [2.75, 3.05) is 38.2 Å². The summed E-state index contributed by atoms with van der Waals surface area (Å²) in [5.74, 6) is -0.285. The molecule has 0 saturated carbocycles. The van der Waals surface area contributed by atoms with Gasteiger partial charge in [0.05, 0.1) is 47.6 Å². The highest BCUT2D eigenvalue weighted by molar-refractivity contribution is 7.89. The van der Waals surface area contributed by atoms with Crippen molar-refractivity contribution in [2.45, 2.75) is 11.8 Å². The van der Waals surface area contributed by atoms with E-state index in [2.05, 4.69) is 10.3 Å². The Morgan fingerprint density at radius 1 is 1.21 bits per heavy atom. The van der Waals surface area contributed by atoms with Crippen LogP contribution < -0.4 is 15.6 Å². The predicted molar refractivity (Wildman–Crippen MR) is 124 cm³/mol. The van der Waals surface area contributed by atoms with E-state index in [-0.39, 0.29) is 34.6 Å². The number of nitrogens with one attached hydrogen (secondary N) is 2. The Kier molecular flexibility index (Phi) is 6.65. The first-order valence-electron chi connectivity index (χ1n) is 10.6. The molecule has 0 atom stereocenters. The summed E-state index contributed by atoms with van der Waals surface area (Å²) >= 11 is 0. The zero-order valence-electron chi connectivity index (χ0n) is 18.3. The monoisotopic (exact) mass is 482 g/mol. The van der Waals surface area contributed by atoms with Crippen LogP contribution in [0.4, 0.5) is 5.69 Å². The van der Waals surface area contributed by atoms with Crippen molar-refractivity contribution in [1.29, 1.82) is 5.26 Å². The lowest BCUT2D eigenvalue weighted by Gasteiger charge is -2.26. The zero-order chi connectivity index (χ0) is 24.3. The third-order valence-corrected chi connectivity index (χ3v) is 7.22. The molecule has 176 valence electrons. The molecular formula is C23H22N4O6S. The van der Waals surface area contributed by atoms with Gasteiger partial charge in [-0.15, -0.1) is 0 Å². The average molecular weight is 483 g/mol. The van der Waals surface area contributed by atoms with Gasteiger partial charge in [-0.2, -0.15) is 9.57 Å². The number of aromatic amines is 1. The van der Waals surface area contributed by atoms with E-state index in [0.717, 1.165) is 6.07 Å². The molecule has 1 aliphatic rings. The van der Waals surface area contributed by atoms with Crippen molar-refractivity contribution >= 4 is 32.5 Å². The van der Waals surface area contributed by atoms with Crippen LogP contribution in [0, 0.1) is 11.3 Å². The number of carbonyl (C=O) groups excluding carboxylic acids is 1. The summed E-state index contributed by atoms with van der Waals surface area (Å²) in [4.78, 5) is 28.1. The minimum absolute atomic E-state index is 0.00415. The molecule has 1 aliphatic heterocycles. The molecule has 0 spiro atoms. The first kappa shape index (κ1) is 23.4. The van der Waals surface area contributed by atoms with Crippen LogP contribution in [0.5, 0.6) is 5.75 Å². The van der Waals surface area contributed by atoms with Gasteiger partial charge in [0, 0.05) is 30.1 Å². The molecule has 1 fully saturated rings. The molecule has 34 heavy (non-hydrogen) atoms. The van der Waals surface area contributed by atoms with Gasteiger partial charge in [0.15, 0.2) is 0 Å². The number of fused-ring (bicyclic) bond motifs is 1. The van der Waals surface area contributed by atoms with Gasteiger partial charge in [0.25, 0.3) is 5.91 Å². The maximum absolute atomic E-state index is 13.2. The first-order chi connectivity index (χ1) is 16.3. The van der Waals surface area contributed by atoms with Crippen molar-refractivity contribution < 1.29 is 22.7 Å². The molecule has 2 N–H and O–H groups in total. The smallest absolute Gasteiger partial charge is 0.256 e. The number of hydrogen-bond acceptors (Lipinski definition) is 7. The van der Waals surface area contributed by atoms with Gasteiger partial charge < -0.3 is 19.8 Å². The standard InChI is InChI=1S/C23H22N4O6S/c1-2-33-21-6-3-15(14-24)11-20(21)26-23(29)18-13-22(28)25-19-5-4-16(12-17(18)19)34(30,31)27-7-9-32-10-8-27/h3-6,11-13H,2,7-10H2,1H3,(H,25,28)(H,26,29). The lowest BCUT2D eigenvalue weighted by Crippen LogP contribution is -2.40. The Balaban J connectivity index is 1.77. The molecule has 11 heteroatoms. The van der Waals surface area contributed by atoms with E-state index in [4.69, 9.17) is 9.47 Å². The van der Waals surface area contributed by atoms with Crippen LogP contribution in [0.2, 0.25) is 0 Å². The maximum atomic E-state index is 13.2. The summed E-state index contributed by atoms with van der Waals surface area (Å²) in [5.41, 5.74) is 0.360. The number of benzene rings is 2. The number of anilines is 1. The van der Waals surface area contributed by atoms with Crippen molar-refractivity contribution in [3.8, 4) is 11.8 Å². The fourth-order valence-electron chi connectivity index (χ4n) is 3.69. The van der Waals surface area contributed by atoms with E-state index < -0.39 is 21.5 Å². The molecule has 1 aromatic heterocycles. The fourth-order valence-corrected chi connectivity index (χ4v) is 5.12. The topological polar surface area (TPSA) is 142 Å². The van der Waals surface area contributed by atoms with E-state index in [0.29, 0.717) is 36.7 Å². The van der Waals surface area contributed by atoms with Crippen LogP contribution >= 0.6 is 0 Å². The van der Waals surface area contributed by atoms with Crippen LogP contribution in [0.15, 0.2) is 52.2 Å². The normalized spacial score (nSPS) is 14.5. The summed E-state index contributed by atoms with van der Waals surface area (Å²) in [6.07, 6.45) is 0. The number of pyridine rings is 1. The van der Waals surface area contributed by atoms with Crippen molar-refractivity contribution in [2.24, 2.45) is 0 Å². The molecule has 0 radical (unpaired) electrons. The number of hydrogen-bond donors (Lipinski definition) is 2. The summed E-state index contributed by atoms with van der Waals surface area (Å²) in [6, 6.07) is 11.9. The van der Waals surface area contributed by atoms with Crippen LogP contribution in [-0.4, -0.2) is 56.5 Å². The second-order valence-electron chi connectivity index (χ2n) is 7.48. The van der Waals surface area contributed by atoms with Crippen molar-refractivity contribution in [3.63, 3.8) is 0 Å². The fraction of sp³-hybridized carbons (Fsp3) is 0.261. The highest BCUT2D eigenvalue weighted by Crippen LogP contribution is 2.28. The van der Waals surface area contributed by atoms with Crippen LogP contribution in [0.25, 0.3) is 10.9 Å². The molecule has 2 aromatic carbocycles. The van der Waals surface area contributed by atoms with Crippen LogP contribution in [0.1, 0.15) is 22.8 Å². The number of nitrogens with zero attached hydrogens (tertiary/aromatic N) is 2. The molecule has 3 aromatic rings. The number of nitriles is 1. The summed E-state index contributed by atoms with van der Waals surface area (Å²) in [5, 5.41) is 12.2. The van der Waals surface area contributed by atoms with Gasteiger partial charge >= 0.3 is 0 Å². The Morgan fingerprint density at radius 2 is 1.97 bits per heavy atom. The first-order valence-corrected chi connectivity index (χ1v) is 12.0. The van der Waals surface area contributed by atoms with Crippen molar-refractivity contribution in [1.82, 2.24) is 9.29 Å². The quantitative estimate of drug-likeness (QED) is 0.548. The number of morpholine rings is 1. The average Bonchev–Trinajstić information content (AvgIpc) is 2.84. The lowest BCUT2D eigenvalue weighted by atomic mass is 10.1. The third kappa shape index (κ3) is 4.65. The number of amides is 1. The number of ether oxygens (including phenoxy) is 2. The molecule has 0 unspecified atom stereocenters. The summed E-state index contributed by atoms with van der Waals surface area (Å²) < 4.78 is 38.3. The number of sulfonamides is 1.